The Labute approximate surface area is 165 Å². The molecule has 0 bridgehead atoms. The van der Waals surface area contributed by atoms with Crippen molar-refractivity contribution >= 4 is 27.5 Å². The van der Waals surface area contributed by atoms with Gasteiger partial charge in [-0.1, -0.05) is 68.7 Å². The van der Waals surface area contributed by atoms with Gasteiger partial charge < -0.3 is 9.90 Å². The Morgan fingerprint density at radius 3 is 2.46 bits per heavy atom. The van der Waals surface area contributed by atoms with Crippen LogP contribution in [0.5, 0.6) is 0 Å². The van der Waals surface area contributed by atoms with Crippen molar-refractivity contribution in [2.75, 3.05) is 0 Å². The van der Waals surface area contributed by atoms with Gasteiger partial charge in [0.15, 0.2) is 0 Å². The summed E-state index contributed by atoms with van der Waals surface area (Å²) in [6, 6.07) is 15.7. The molecule has 3 heteroatoms. The molecule has 0 spiro atoms. The first kappa shape index (κ1) is 19.0. The van der Waals surface area contributed by atoms with Crippen LogP contribution < -0.4 is 34.7 Å². The van der Waals surface area contributed by atoms with Gasteiger partial charge in [-0.3, -0.25) is 0 Å². The van der Waals surface area contributed by atoms with Crippen molar-refractivity contribution in [1.82, 2.24) is 0 Å². The summed E-state index contributed by atoms with van der Waals surface area (Å²) in [4.78, 5) is 11.6. The average molecular weight is 328 g/mol. The van der Waals surface area contributed by atoms with Crippen LogP contribution in [-0.2, 0) is 6.42 Å². The number of carboxylic acids is 1. The zero-order valence-corrected chi connectivity index (χ0v) is 16.5. The number of aromatic carboxylic acids is 1. The molecule has 0 amide bonds. The van der Waals surface area contributed by atoms with Gasteiger partial charge in [-0.25, -0.2) is 0 Å². The summed E-state index contributed by atoms with van der Waals surface area (Å²) < 4.78 is 0. The van der Waals surface area contributed by atoms with Crippen molar-refractivity contribution < 1.29 is 39.5 Å². The quantitative estimate of drug-likeness (QED) is 0.391. The summed E-state index contributed by atoms with van der Waals surface area (Å²) in [6.45, 7) is 2.20. The fraction of sp³-hybridized carbons (Fsp3) is 0.286. The maximum atomic E-state index is 11.6. The minimum atomic E-state index is -1.10. The van der Waals surface area contributed by atoms with Crippen molar-refractivity contribution in [3.8, 4) is 0 Å². The van der Waals surface area contributed by atoms with E-state index in [4.69, 9.17) is 0 Å². The van der Waals surface area contributed by atoms with Gasteiger partial charge in [-0.05, 0) is 46.0 Å². The number of carbonyl (C=O) groups is 1. The molecule has 0 aliphatic rings. The second kappa shape index (κ2) is 8.66. The third-order valence-corrected chi connectivity index (χ3v) is 4.50. The first-order valence-electron chi connectivity index (χ1n) is 8.37. The molecule has 0 heterocycles. The molecule has 0 fully saturated rings. The van der Waals surface area contributed by atoms with Crippen LogP contribution in [0, 0.1) is 0 Å². The van der Waals surface area contributed by atoms with Crippen LogP contribution in [0.2, 0.25) is 0 Å². The van der Waals surface area contributed by atoms with Crippen LogP contribution in [0.4, 0.5) is 0 Å². The second-order valence-electron chi connectivity index (χ2n) is 6.08. The zero-order chi connectivity index (χ0) is 16.2. The summed E-state index contributed by atoms with van der Waals surface area (Å²) in [7, 11) is 0. The smallest absolute Gasteiger partial charge is 0.545 e. The van der Waals surface area contributed by atoms with E-state index in [9.17, 15) is 9.90 Å². The Kier molecular flexibility index (Phi) is 6.85. The van der Waals surface area contributed by atoms with Gasteiger partial charge in [0, 0.05) is 5.56 Å². The first-order chi connectivity index (χ1) is 11.2. The number of carbonyl (C=O) groups excluding carboxylic acids is 1. The summed E-state index contributed by atoms with van der Waals surface area (Å²) in [5.74, 6) is -1.10. The fourth-order valence-corrected chi connectivity index (χ4v) is 3.39. The van der Waals surface area contributed by atoms with E-state index in [1.807, 2.05) is 18.2 Å². The first-order valence-corrected chi connectivity index (χ1v) is 8.37. The van der Waals surface area contributed by atoms with E-state index in [2.05, 4.69) is 25.1 Å². The molecule has 0 radical (unpaired) electrons. The van der Waals surface area contributed by atoms with Crippen LogP contribution in [0.1, 0.15) is 48.5 Å². The van der Waals surface area contributed by atoms with E-state index in [1.54, 1.807) is 12.1 Å². The number of benzene rings is 3. The number of aryl methyl sites for hydroxylation is 1. The van der Waals surface area contributed by atoms with E-state index in [-0.39, 0.29) is 29.6 Å². The molecule has 2 nitrogen and oxygen atoms in total. The Hall–Kier alpha value is -1.35. The fourth-order valence-electron chi connectivity index (χ4n) is 3.39. The summed E-state index contributed by atoms with van der Waals surface area (Å²) in [6.07, 6.45) is 5.58. The monoisotopic (exact) mass is 328 g/mol. The SMILES string of the molecule is CCCCCCc1c2ccccc2cc2cccc(C(=O)[O-])c12.[Na+]. The van der Waals surface area contributed by atoms with Gasteiger partial charge in [0.1, 0.15) is 0 Å². The van der Waals surface area contributed by atoms with E-state index in [0.29, 0.717) is 5.56 Å². The standard InChI is InChI=1S/C21H22O2.Na/c1-2-3-4-5-12-18-17-11-7-6-9-15(17)14-16-10-8-13-19(20(16)18)21(22)23;/h6-11,13-14H,2-5,12H2,1H3,(H,22,23);/q;+1/p-1. The molecule has 24 heavy (non-hydrogen) atoms. The van der Waals surface area contributed by atoms with Gasteiger partial charge in [-0.2, -0.15) is 0 Å². The van der Waals surface area contributed by atoms with Gasteiger partial charge in [0.2, 0.25) is 0 Å². The molecule has 3 aromatic carbocycles. The molecule has 0 N–H and O–H groups in total. The molecule has 118 valence electrons. The Morgan fingerprint density at radius 1 is 0.958 bits per heavy atom. The minimum absolute atomic E-state index is 0. The minimum Gasteiger partial charge on any atom is -0.545 e. The van der Waals surface area contributed by atoms with Crippen LogP contribution in [0.3, 0.4) is 0 Å². The molecule has 0 saturated heterocycles. The Morgan fingerprint density at radius 2 is 1.71 bits per heavy atom. The zero-order valence-electron chi connectivity index (χ0n) is 14.5. The van der Waals surface area contributed by atoms with Crippen molar-refractivity contribution in [3.05, 3.63) is 59.7 Å². The molecule has 0 atom stereocenters. The van der Waals surface area contributed by atoms with Gasteiger partial charge in [0.05, 0.1) is 5.97 Å². The number of hydrogen-bond donors (Lipinski definition) is 0. The maximum absolute atomic E-state index is 11.6. The van der Waals surface area contributed by atoms with E-state index in [1.165, 1.54) is 24.6 Å². The summed E-state index contributed by atoms with van der Waals surface area (Å²) >= 11 is 0. The largest absolute Gasteiger partial charge is 1.00 e. The third-order valence-electron chi connectivity index (χ3n) is 4.50. The van der Waals surface area contributed by atoms with Crippen LogP contribution in [0.25, 0.3) is 21.5 Å². The van der Waals surface area contributed by atoms with Crippen molar-refractivity contribution in [2.24, 2.45) is 0 Å². The van der Waals surface area contributed by atoms with Crippen molar-refractivity contribution in [1.29, 1.82) is 0 Å². The molecular formula is C21H21NaO2. The molecule has 0 aromatic heterocycles. The Bertz CT molecular complexity index is 855. The van der Waals surface area contributed by atoms with Crippen molar-refractivity contribution in [3.63, 3.8) is 0 Å². The molecule has 0 saturated carbocycles. The van der Waals surface area contributed by atoms with Crippen LogP contribution in [-0.4, -0.2) is 5.97 Å². The predicted molar refractivity (Wildman–Crippen MR) is 93.6 cm³/mol. The topological polar surface area (TPSA) is 40.1 Å². The van der Waals surface area contributed by atoms with Gasteiger partial charge in [-0.15, -0.1) is 0 Å². The van der Waals surface area contributed by atoms with E-state index >= 15 is 0 Å². The van der Waals surface area contributed by atoms with E-state index in [0.717, 1.165) is 34.6 Å². The number of carboxylic acid groups (broad SMARTS) is 1. The third kappa shape index (κ3) is 3.83. The second-order valence-corrected chi connectivity index (χ2v) is 6.08. The number of hydrogen-bond acceptors (Lipinski definition) is 2. The molecule has 0 aliphatic heterocycles. The number of unbranched alkanes of at least 4 members (excludes halogenated alkanes) is 3. The number of rotatable bonds is 6. The van der Waals surface area contributed by atoms with Crippen molar-refractivity contribution in [2.45, 2.75) is 39.0 Å². The Balaban J connectivity index is 0.00000208. The van der Waals surface area contributed by atoms with Crippen LogP contribution in [0.15, 0.2) is 48.5 Å². The van der Waals surface area contributed by atoms with Gasteiger partial charge in [0.25, 0.3) is 0 Å². The maximum Gasteiger partial charge on any atom is 1.00 e. The molecule has 3 rings (SSSR count). The predicted octanol–water partition coefficient (Wildman–Crippen LogP) is 1.48. The summed E-state index contributed by atoms with van der Waals surface area (Å²) in [5, 5.41) is 15.7. The normalized spacial score (nSPS) is 10.7. The average Bonchev–Trinajstić information content (AvgIpc) is 2.57. The van der Waals surface area contributed by atoms with Gasteiger partial charge >= 0.3 is 29.6 Å². The van der Waals surface area contributed by atoms with E-state index < -0.39 is 5.97 Å². The number of fused-ring (bicyclic) bond motifs is 2. The molecule has 0 aliphatic carbocycles. The summed E-state index contributed by atoms with van der Waals surface area (Å²) in [5.41, 5.74) is 1.45. The molecule has 0 unspecified atom stereocenters. The molecular weight excluding hydrogens is 307 g/mol. The van der Waals surface area contributed by atoms with Crippen LogP contribution >= 0.6 is 0 Å². The molecule has 3 aromatic rings.